The van der Waals surface area contributed by atoms with Gasteiger partial charge in [0.1, 0.15) is 16.9 Å². The van der Waals surface area contributed by atoms with Gasteiger partial charge in [-0.2, -0.15) is 4.98 Å². The number of ether oxygens (including phenoxy) is 1. The molecule has 0 bridgehead atoms. The Morgan fingerprint density at radius 1 is 0.927 bits per heavy atom. The minimum absolute atomic E-state index is 0.0701. The summed E-state index contributed by atoms with van der Waals surface area (Å²) in [4.78, 5) is 60.9. The van der Waals surface area contributed by atoms with Gasteiger partial charge in [-0.1, -0.05) is 12.8 Å². The third-order valence-electron chi connectivity index (χ3n) is 7.23. The van der Waals surface area contributed by atoms with Crippen LogP contribution in [0.25, 0.3) is 11.0 Å². The summed E-state index contributed by atoms with van der Waals surface area (Å²) in [5.74, 6) is 0.278. The zero-order chi connectivity index (χ0) is 29.3. The third-order valence-corrected chi connectivity index (χ3v) is 7.23. The number of carbonyl (C=O) groups excluding carboxylic acids is 3. The summed E-state index contributed by atoms with van der Waals surface area (Å²) in [5.41, 5.74) is 1.08. The standard InChI is InChI=1S/C28H37N9O4/c1-28(2,3)41-27(40)36-12-10-35(11-13-36)23(38)19-16-29-25(30-17-19)33-26-31-15-18-14-21(24(39)34(4)5)37(22(18)32-26)20-8-6-7-9-20/h14-17,20H,6-13H2,1-5H3,(H,29,30,31,32,33). The predicted molar refractivity (Wildman–Crippen MR) is 152 cm³/mol. The van der Waals surface area contributed by atoms with Crippen LogP contribution in [0.3, 0.4) is 0 Å². The molecule has 0 spiro atoms. The van der Waals surface area contributed by atoms with Gasteiger partial charge in [-0.05, 0) is 39.7 Å². The average Bonchev–Trinajstić information content (AvgIpc) is 3.59. The fraction of sp³-hybridized carbons (Fsp3) is 0.536. The van der Waals surface area contributed by atoms with Crippen LogP contribution >= 0.6 is 0 Å². The molecule has 3 aromatic rings. The van der Waals surface area contributed by atoms with Crippen molar-refractivity contribution in [3.05, 3.63) is 35.9 Å². The van der Waals surface area contributed by atoms with Crippen LogP contribution < -0.4 is 5.32 Å². The van der Waals surface area contributed by atoms with Crippen LogP contribution in [0.5, 0.6) is 0 Å². The molecule has 218 valence electrons. The maximum absolute atomic E-state index is 13.0. The molecule has 3 amide bonds. The van der Waals surface area contributed by atoms with E-state index in [1.54, 1.807) is 35.0 Å². The number of aromatic nitrogens is 5. The number of amides is 3. The Hall–Kier alpha value is -4.29. The second-order valence-corrected chi connectivity index (χ2v) is 11.7. The van der Waals surface area contributed by atoms with Crippen molar-refractivity contribution < 1.29 is 19.1 Å². The predicted octanol–water partition coefficient (Wildman–Crippen LogP) is 3.47. The molecule has 3 aromatic heterocycles. The SMILES string of the molecule is CN(C)C(=O)c1cc2cnc(Nc3ncc(C(=O)N4CCN(C(=O)OC(C)(C)C)CC4)cn3)nc2n1C1CCCC1. The van der Waals surface area contributed by atoms with Crippen molar-refractivity contribution in [2.75, 3.05) is 45.6 Å². The summed E-state index contributed by atoms with van der Waals surface area (Å²) >= 11 is 0. The smallest absolute Gasteiger partial charge is 0.410 e. The molecule has 1 saturated heterocycles. The molecule has 2 fully saturated rings. The van der Waals surface area contributed by atoms with Crippen LogP contribution in [-0.4, -0.2) is 103 Å². The zero-order valence-corrected chi connectivity index (χ0v) is 24.3. The number of piperazine rings is 1. The first-order valence-electron chi connectivity index (χ1n) is 14.0. The van der Waals surface area contributed by atoms with E-state index in [1.807, 2.05) is 31.4 Å². The molecule has 0 unspecified atom stereocenters. The highest BCUT2D eigenvalue weighted by Gasteiger charge is 2.29. The van der Waals surface area contributed by atoms with Gasteiger partial charge in [0.2, 0.25) is 11.9 Å². The van der Waals surface area contributed by atoms with Crippen molar-refractivity contribution >= 4 is 40.8 Å². The molecular weight excluding hydrogens is 526 g/mol. The van der Waals surface area contributed by atoms with Gasteiger partial charge in [0, 0.05) is 70.3 Å². The van der Waals surface area contributed by atoms with Crippen molar-refractivity contribution in [1.29, 1.82) is 0 Å². The number of hydrogen-bond donors (Lipinski definition) is 1. The van der Waals surface area contributed by atoms with Crippen molar-refractivity contribution in [2.24, 2.45) is 0 Å². The highest BCUT2D eigenvalue weighted by atomic mass is 16.6. The highest BCUT2D eigenvalue weighted by molar-refractivity contribution is 5.98. The molecular formula is C28H37N9O4. The van der Waals surface area contributed by atoms with Crippen molar-refractivity contribution in [2.45, 2.75) is 58.1 Å². The highest BCUT2D eigenvalue weighted by Crippen LogP contribution is 2.34. The number of fused-ring (bicyclic) bond motifs is 1. The van der Waals surface area contributed by atoms with Gasteiger partial charge >= 0.3 is 6.09 Å². The zero-order valence-electron chi connectivity index (χ0n) is 24.3. The average molecular weight is 564 g/mol. The molecule has 4 heterocycles. The summed E-state index contributed by atoms with van der Waals surface area (Å²) in [6.07, 6.45) is 8.48. The first-order valence-corrected chi connectivity index (χ1v) is 14.0. The van der Waals surface area contributed by atoms with Gasteiger partial charge in [0.25, 0.3) is 11.8 Å². The van der Waals surface area contributed by atoms with E-state index < -0.39 is 5.60 Å². The van der Waals surface area contributed by atoms with Crippen LogP contribution in [0.1, 0.15) is 73.3 Å². The lowest BCUT2D eigenvalue weighted by atomic mass is 10.2. The van der Waals surface area contributed by atoms with Crippen LogP contribution in [-0.2, 0) is 4.74 Å². The van der Waals surface area contributed by atoms with E-state index in [2.05, 4.69) is 20.3 Å². The summed E-state index contributed by atoms with van der Waals surface area (Å²) in [7, 11) is 3.49. The first-order chi connectivity index (χ1) is 19.5. The Balaban J connectivity index is 1.27. The second kappa shape index (κ2) is 11.3. The van der Waals surface area contributed by atoms with Gasteiger partial charge in [-0.25, -0.2) is 19.7 Å². The van der Waals surface area contributed by atoms with E-state index in [0.717, 1.165) is 31.1 Å². The number of hydrogen-bond acceptors (Lipinski definition) is 9. The van der Waals surface area contributed by atoms with Crippen LogP contribution in [0, 0.1) is 0 Å². The fourth-order valence-electron chi connectivity index (χ4n) is 5.20. The Labute approximate surface area is 238 Å². The number of nitrogens with one attached hydrogen (secondary N) is 1. The lowest BCUT2D eigenvalue weighted by molar-refractivity contribution is 0.0140. The Morgan fingerprint density at radius 3 is 2.15 bits per heavy atom. The number of anilines is 2. The molecule has 1 saturated carbocycles. The monoisotopic (exact) mass is 563 g/mol. The van der Waals surface area contributed by atoms with Crippen LogP contribution in [0.2, 0.25) is 0 Å². The van der Waals surface area contributed by atoms with Crippen molar-refractivity contribution in [3.8, 4) is 0 Å². The quantitative estimate of drug-likeness (QED) is 0.494. The van der Waals surface area contributed by atoms with E-state index in [0.29, 0.717) is 49.0 Å². The molecule has 13 heteroatoms. The third kappa shape index (κ3) is 6.23. The Kier molecular flexibility index (Phi) is 7.78. The Bertz CT molecular complexity index is 1430. The topological polar surface area (TPSA) is 139 Å². The molecule has 41 heavy (non-hydrogen) atoms. The molecule has 1 aliphatic heterocycles. The second-order valence-electron chi connectivity index (χ2n) is 11.7. The molecule has 0 radical (unpaired) electrons. The lowest BCUT2D eigenvalue weighted by Gasteiger charge is -2.35. The van der Waals surface area contributed by atoms with Crippen molar-refractivity contribution in [1.82, 2.24) is 39.2 Å². The van der Waals surface area contributed by atoms with Crippen LogP contribution in [0.15, 0.2) is 24.7 Å². The minimum Gasteiger partial charge on any atom is -0.444 e. The summed E-state index contributed by atoms with van der Waals surface area (Å²) in [6.45, 7) is 7.05. The van der Waals surface area contributed by atoms with Gasteiger partial charge in [0.15, 0.2) is 0 Å². The summed E-state index contributed by atoms with van der Waals surface area (Å²) < 4.78 is 7.47. The van der Waals surface area contributed by atoms with Gasteiger partial charge in [0.05, 0.1) is 5.56 Å². The Morgan fingerprint density at radius 2 is 1.54 bits per heavy atom. The normalized spacial score (nSPS) is 16.2. The molecule has 2 aliphatic rings. The van der Waals surface area contributed by atoms with Crippen LogP contribution in [0.4, 0.5) is 16.7 Å². The molecule has 0 aromatic carbocycles. The maximum atomic E-state index is 13.0. The largest absolute Gasteiger partial charge is 0.444 e. The van der Waals surface area contributed by atoms with Gasteiger partial charge < -0.3 is 24.0 Å². The van der Waals surface area contributed by atoms with E-state index in [-0.39, 0.29) is 29.9 Å². The summed E-state index contributed by atoms with van der Waals surface area (Å²) in [5, 5.41) is 3.81. The molecule has 1 aliphatic carbocycles. The van der Waals surface area contributed by atoms with E-state index in [4.69, 9.17) is 9.72 Å². The molecule has 0 atom stereocenters. The van der Waals surface area contributed by atoms with E-state index in [1.165, 1.54) is 12.4 Å². The number of nitrogens with zero attached hydrogens (tertiary/aromatic N) is 8. The fourth-order valence-corrected chi connectivity index (χ4v) is 5.20. The molecule has 1 N–H and O–H groups in total. The minimum atomic E-state index is -0.567. The molecule has 13 nitrogen and oxygen atoms in total. The lowest BCUT2D eigenvalue weighted by Crippen LogP contribution is -2.51. The van der Waals surface area contributed by atoms with Crippen molar-refractivity contribution in [3.63, 3.8) is 0 Å². The first kappa shape index (κ1) is 28.2. The molecule has 5 rings (SSSR count). The van der Waals surface area contributed by atoms with Gasteiger partial charge in [-0.3, -0.25) is 14.9 Å². The maximum Gasteiger partial charge on any atom is 0.410 e. The van der Waals surface area contributed by atoms with E-state index in [9.17, 15) is 14.4 Å². The van der Waals surface area contributed by atoms with E-state index >= 15 is 0 Å². The summed E-state index contributed by atoms with van der Waals surface area (Å²) in [6, 6.07) is 2.06. The number of carbonyl (C=O) groups is 3. The van der Waals surface area contributed by atoms with Gasteiger partial charge in [-0.15, -0.1) is 0 Å². The number of rotatable bonds is 5.